The standard InChI is InChI=1S/C16H30O2/c1-3-4-5-6-7-8-9-10-13-16(2)14-11-12-15(17)18-16/h3-14H2,1-2H3. The van der Waals surface area contributed by atoms with E-state index < -0.39 is 0 Å². The first-order chi connectivity index (χ1) is 8.66. The Morgan fingerprint density at radius 3 is 2.28 bits per heavy atom. The SMILES string of the molecule is CCCCCCCCCCC1(C)CCCC(=O)O1. The molecule has 106 valence electrons. The molecule has 1 heterocycles. The molecule has 0 aromatic heterocycles. The van der Waals surface area contributed by atoms with Crippen LogP contribution in [0.1, 0.15) is 90.9 Å². The molecule has 1 aliphatic rings. The first-order valence-electron chi connectivity index (χ1n) is 7.88. The van der Waals surface area contributed by atoms with Gasteiger partial charge in [0.1, 0.15) is 5.60 Å². The lowest BCUT2D eigenvalue weighted by atomic mass is 9.90. The molecule has 0 amide bonds. The Morgan fingerprint density at radius 2 is 1.67 bits per heavy atom. The van der Waals surface area contributed by atoms with E-state index in [1.165, 1.54) is 51.4 Å². The van der Waals surface area contributed by atoms with Gasteiger partial charge in [-0.05, 0) is 32.6 Å². The summed E-state index contributed by atoms with van der Waals surface area (Å²) in [7, 11) is 0. The van der Waals surface area contributed by atoms with Gasteiger partial charge in [0.2, 0.25) is 0 Å². The van der Waals surface area contributed by atoms with Crippen LogP contribution < -0.4 is 0 Å². The zero-order valence-corrected chi connectivity index (χ0v) is 12.3. The first kappa shape index (κ1) is 15.5. The topological polar surface area (TPSA) is 26.3 Å². The Balaban J connectivity index is 1.98. The minimum atomic E-state index is -0.155. The monoisotopic (exact) mass is 254 g/mol. The number of cyclic esters (lactones) is 1. The summed E-state index contributed by atoms with van der Waals surface area (Å²) in [6, 6.07) is 0. The highest BCUT2D eigenvalue weighted by Crippen LogP contribution is 2.30. The number of unbranched alkanes of at least 4 members (excludes halogenated alkanes) is 7. The van der Waals surface area contributed by atoms with Gasteiger partial charge in [-0.2, -0.15) is 0 Å². The van der Waals surface area contributed by atoms with Gasteiger partial charge >= 0.3 is 5.97 Å². The fourth-order valence-corrected chi connectivity index (χ4v) is 2.79. The molecule has 1 atom stereocenters. The maximum atomic E-state index is 11.3. The van der Waals surface area contributed by atoms with E-state index in [0.29, 0.717) is 6.42 Å². The van der Waals surface area contributed by atoms with Crippen molar-refractivity contribution in [3.05, 3.63) is 0 Å². The molecule has 2 nitrogen and oxygen atoms in total. The molecule has 0 spiro atoms. The zero-order valence-electron chi connectivity index (χ0n) is 12.3. The van der Waals surface area contributed by atoms with Crippen molar-refractivity contribution in [3.63, 3.8) is 0 Å². The molecule has 0 aliphatic carbocycles. The lowest BCUT2D eigenvalue weighted by Gasteiger charge is -2.33. The van der Waals surface area contributed by atoms with Crippen LogP contribution in [0.15, 0.2) is 0 Å². The van der Waals surface area contributed by atoms with Crippen LogP contribution >= 0.6 is 0 Å². The van der Waals surface area contributed by atoms with Crippen LogP contribution in [0.5, 0.6) is 0 Å². The van der Waals surface area contributed by atoms with E-state index in [4.69, 9.17) is 4.74 Å². The van der Waals surface area contributed by atoms with Gasteiger partial charge in [-0.3, -0.25) is 4.79 Å². The van der Waals surface area contributed by atoms with Gasteiger partial charge in [-0.1, -0.05) is 51.9 Å². The first-order valence-corrected chi connectivity index (χ1v) is 7.88. The lowest BCUT2D eigenvalue weighted by molar-refractivity contribution is -0.165. The van der Waals surface area contributed by atoms with Gasteiger partial charge in [-0.25, -0.2) is 0 Å². The molecule has 1 saturated heterocycles. The van der Waals surface area contributed by atoms with Crippen LogP contribution in [0.2, 0.25) is 0 Å². The third-order valence-electron chi connectivity index (χ3n) is 4.01. The molecule has 0 radical (unpaired) electrons. The van der Waals surface area contributed by atoms with Crippen molar-refractivity contribution < 1.29 is 9.53 Å². The van der Waals surface area contributed by atoms with Crippen molar-refractivity contribution in [1.29, 1.82) is 0 Å². The van der Waals surface area contributed by atoms with Gasteiger partial charge in [0.05, 0.1) is 0 Å². The van der Waals surface area contributed by atoms with E-state index in [2.05, 4.69) is 13.8 Å². The molecule has 18 heavy (non-hydrogen) atoms. The Labute approximate surface area is 112 Å². The molecule has 2 heteroatoms. The Bertz CT molecular complexity index is 237. The molecule has 0 aromatic rings. The van der Waals surface area contributed by atoms with Crippen molar-refractivity contribution in [1.82, 2.24) is 0 Å². The number of hydrogen-bond donors (Lipinski definition) is 0. The number of carbonyl (C=O) groups excluding carboxylic acids is 1. The summed E-state index contributed by atoms with van der Waals surface area (Å²) in [6.45, 7) is 4.36. The minimum Gasteiger partial charge on any atom is -0.459 e. The average Bonchev–Trinajstić information content (AvgIpc) is 2.32. The summed E-state index contributed by atoms with van der Waals surface area (Å²) in [5.41, 5.74) is -0.155. The van der Waals surface area contributed by atoms with Crippen molar-refractivity contribution >= 4 is 5.97 Å². The summed E-state index contributed by atoms with van der Waals surface area (Å²) in [5, 5.41) is 0. The van der Waals surface area contributed by atoms with E-state index in [-0.39, 0.29) is 11.6 Å². The van der Waals surface area contributed by atoms with Gasteiger partial charge in [0, 0.05) is 6.42 Å². The Hall–Kier alpha value is -0.530. The maximum Gasteiger partial charge on any atom is 0.306 e. The third kappa shape index (κ3) is 6.42. The number of rotatable bonds is 9. The molecule has 1 aliphatic heterocycles. The van der Waals surface area contributed by atoms with Crippen LogP contribution in [0.3, 0.4) is 0 Å². The second-order valence-electron chi connectivity index (χ2n) is 6.00. The summed E-state index contributed by atoms with van der Waals surface area (Å²) < 4.78 is 5.49. The van der Waals surface area contributed by atoms with E-state index in [9.17, 15) is 4.79 Å². The van der Waals surface area contributed by atoms with Gasteiger partial charge in [0.15, 0.2) is 0 Å². The maximum absolute atomic E-state index is 11.3. The highest BCUT2D eigenvalue weighted by molar-refractivity contribution is 5.70. The predicted molar refractivity (Wildman–Crippen MR) is 75.6 cm³/mol. The number of hydrogen-bond acceptors (Lipinski definition) is 2. The number of carbonyl (C=O) groups is 1. The Morgan fingerprint density at radius 1 is 1.06 bits per heavy atom. The van der Waals surface area contributed by atoms with Crippen LogP contribution in [0, 0.1) is 0 Å². The highest BCUT2D eigenvalue weighted by Gasteiger charge is 2.31. The Kier molecular flexibility index (Phi) is 7.38. The van der Waals surface area contributed by atoms with Crippen molar-refractivity contribution in [2.45, 2.75) is 96.5 Å². The van der Waals surface area contributed by atoms with Gasteiger partial charge in [0.25, 0.3) is 0 Å². The second-order valence-corrected chi connectivity index (χ2v) is 6.00. The largest absolute Gasteiger partial charge is 0.459 e. The fourth-order valence-electron chi connectivity index (χ4n) is 2.79. The van der Waals surface area contributed by atoms with Crippen LogP contribution in [-0.4, -0.2) is 11.6 Å². The molecule has 0 aromatic carbocycles. The fraction of sp³-hybridized carbons (Fsp3) is 0.938. The quantitative estimate of drug-likeness (QED) is 0.427. The van der Waals surface area contributed by atoms with Crippen LogP contribution in [0.4, 0.5) is 0 Å². The van der Waals surface area contributed by atoms with E-state index >= 15 is 0 Å². The molecule has 0 saturated carbocycles. The van der Waals surface area contributed by atoms with E-state index in [1.807, 2.05) is 0 Å². The molecule has 0 bridgehead atoms. The second kappa shape index (κ2) is 8.55. The minimum absolute atomic E-state index is 0.00307. The van der Waals surface area contributed by atoms with Crippen molar-refractivity contribution in [3.8, 4) is 0 Å². The van der Waals surface area contributed by atoms with Crippen molar-refractivity contribution in [2.75, 3.05) is 0 Å². The third-order valence-corrected chi connectivity index (χ3v) is 4.01. The summed E-state index contributed by atoms with van der Waals surface area (Å²) >= 11 is 0. The number of ether oxygens (including phenoxy) is 1. The lowest BCUT2D eigenvalue weighted by Crippen LogP contribution is -2.35. The van der Waals surface area contributed by atoms with Crippen molar-refractivity contribution in [2.24, 2.45) is 0 Å². The molecule has 1 rings (SSSR count). The molecule has 1 fully saturated rings. The van der Waals surface area contributed by atoms with E-state index in [0.717, 1.165) is 19.3 Å². The summed E-state index contributed by atoms with van der Waals surface area (Å²) in [5.74, 6) is 0.00307. The number of esters is 1. The zero-order chi connectivity index (χ0) is 13.3. The van der Waals surface area contributed by atoms with Crippen LogP contribution in [0.25, 0.3) is 0 Å². The highest BCUT2D eigenvalue weighted by atomic mass is 16.6. The molecular formula is C16H30O2. The van der Waals surface area contributed by atoms with Crippen LogP contribution in [-0.2, 0) is 9.53 Å². The summed E-state index contributed by atoms with van der Waals surface area (Å²) in [6.07, 6.45) is 14.4. The van der Waals surface area contributed by atoms with E-state index in [1.54, 1.807) is 0 Å². The van der Waals surface area contributed by atoms with Gasteiger partial charge < -0.3 is 4.74 Å². The normalized spacial score (nSPS) is 24.0. The van der Waals surface area contributed by atoms with Gasteiger partial charge in [-0.15, -0.1) is 0 Å². The predicted octanol–water partition coefficient (Wildman–Crippen LogP) is 5.00. The smallest absolute Gasteiger partial charge is 0.306 e. The molecule has 0 N–H and O–H groups in total. The summed E-state index contributed by atoms with van der Waals surface area (Å²) in [4.78, 5) is 11.3. The average molecular weight is 254 g/mol. The molecule has 1 unspecified atom stereocenters. The molecular weight excluding hydrogens is 224 g/mol.